The van der Waals surface area contributed by atoms with Crippen LogP contribution in [0, 0.1) is 0 Å². The number of likely N-dealkylation sites (N-methyl/N-ethyl adjacent to an activating group) is 1. The van der Waals surface area contributed by atoms with Crippen LogP contribution in [0.2, 0.25) is 0 Å². The number of carbonyl (C=O) groups excluding carboxylic acids is 2. The molecule has 9 nitrogen and oxygen atoms in total. The zero-order valence-corrected chi connectivity index (χ0v) is 21.5. The number of H-pyrrole nitrogens is 1. The van der Waals surface area contributed by atoms with E-state index in [1.54, 1.807) is 32.1 Å². The first-order chi connectivity index (χ1) is 17.9. The van der Waals surface area contributed by atoms with Gasteiger partial charge in [-0.2, -0.15) is 0 Å². The maximum absolute atomic E-state index is 12.2. The Morgan fingerprint density at radius 3 is 2.41 bits per heavy atom. The van der Waals surface area contributed by atoms with Crippen molar-refractivity contribution < 1.29 is 14.3 Å². The number of hydrogen-bond acceptors (Lipinski definition) is 6. The maximum Gasteiger partial charge on any atom is 0.407 e. The Kier molecular flexibility index (Phi) is 8.56. The predicted molar refractivity (Wildman–Crippen MR) is 144 cm³/mol. The Morgan fingerprint density at radius 2 is 1.76 bits per heavy atom. The molecule has 4 rings (SSSR count). The minimum Gasteiger partial charge on any atom is -0.447 e. The van der Waals surface area contributed by atoms with Crippen molar-refractivity contribution >= 4 is 17.8 Å². The number of benzene rings is 2. The number of alkyl carbamates (subject to hydrolysis) is 1. The fraction of sp³-hybridized carbons (Fsp3) is 0.357. The number of rotatable bonds is 10. The summed E-state index contributed by atoms with van der Waals surface area (Å²) in [4.78, 5) is 37.2. The summed E-state index contributed by atoms with van der Waals surface area (Å²) < 4.78 is 4.97. The van der Waals surface area contributed by atoms with E-state index in [9.17, 15) is 9.59 Å². The summed E-state index contributed by atoms with van der Waals surface area (Å²) in [6, 6.07) is 17.2. The van der Waals surface area contributed by atoms with Gasteiger partial charge in [0.1, 0.15) is 6.54 Å². The molecule has 2 amide bonds. The number of aromatic nitrogens is 2. The van der Waals surface area contributed by atoms with Gasteiger partial charge in [0, 0.05) is 20.0 Å². The second-order valence-corrected chi connectivity index (χ2v) is 9.38. The zero-order chi connectivity index (χ0) is 26.2. The fourth-order valence-corrected chi connectivity index (χ4v) is 4.14. The second-order valence-electron chi connectivity index (χ2n) is 9.38. The van der Waals surface area contributed by atoms with Crippen LogP contribution in [0.15, 0.2) is 66.0 Å². The molecule has 0 bridgehead atoms. The van der Waals surface area contributed by atoms with E-state index in [2.05, 4.69) is 74.1 Å². The highest BCUT2D eigenvalue weighted by atomic mass is 16.6. The summed E-state index contributed by atoms with van der Waals surface area (Å²) in [5.41, 5.74) is 5.64. The Bertz CT molecular complexity index is 1200. The lowest BCUT2D eigenvalue weighted by Gasteiger charge is -2.18. The topological polar surface area (TPSA) is 112 Å². The van der Waals surface area contributed by atoms with E-state index in [1.165, 1.54) is 11.1 Å². The van der Waals surface area contributed by atoms with Crippen LogP contribution in [-0.4, -0.2) is 65.5 Å². The molecule has 0 radical (unpaired) electrons. The minimum absolute atomic E-state index is 0.0757. The third-order valence-electron chi connectivity index (χ3n) is 6.21. The van der Waals surface area contributed by atoms with E-state index in [1.807, 2.05) is 6.20 Å². The SMILES string of the molecule is CC(C)OC(=O)NCC(=O)N(C)CCCC1=NCC(c2ccc(-c3ccc(-c4cnc[nH]4)cc3)cc2)N1. The van der Waals surface area contributed by atoms with Crippen molar-refractivity contribution in [1.82, 2.24) is 25.5 Å². The summed E-state index contributed by atoms with van der Waals surface area (Å²) in [5, 5.41) is 6.00. The molecule has 1 atom stereocenters. The Labute approximate surface area is 217 Å². The number of nitrogens with one attached hydrogen (secondary N) is 3. The van der Waals surface area contributed by atoms with Gasteiger partial charge in [-0.25, -0.2) is 9.78 Å². The summed E-state index contributed by atoms with van der Waals surface area (Å²) in [6.07, 6.45) is 4.24. The van der Waals surface area contributed by atoms with Crippen LogP contribution in [0.5, 0.6) is 0 Å². The van der Waals surface area contributed by atoms with Gasteiger partial charge in [-0.3, -0.25) is 9.79 Å². The molecule has 3 N–H and O–H groups in total. The molecule has 0 spiro atoms. The van der Waals surface area contributed by atoms with Gasteiger partial charge in [0.2, 0.25) is 5.91 Å². The van der Waals surface area contributed by atoms with E-state index >= 15 is 0 Å². The molecule has 3 aromatic rings. The van der Waals surface area contributed by atoms with Crippen molar-refractivity contribution in [3.05, 3.63) is 66.6 Å². The molecule has 2 heterocycles. The first kappa shape index (κ1) is 25.9. The lowest BCUT2D eigenvalue weighted by Crippen LogP contribution is -2.39. The van der Waals surface area contributed by atoms with Crippen molar-refractivity contribution in [1.29, 1.82) is 0 Å². The molecule has 9 heteroatoms. The zero-order valence-electron chi connectivity index (χ0n) is 21.5. The first-order valence-electron chi connectivity index (χ1n) is 12.6. The van der Waals surface area contributed by atoms with Crippen molar-refractivity contribution in [3.8, 4) is 22.4 Å². The van der Waals surface area contributed by atoms with Crippen LogP contribution in [0.1, 0.15) is 38.3 Å². The van der Waals surface area contributed by atoms with Crippen LogP contribution >= 0.6 is 0 Å². The Balaban J connectivity index is 1.20. The van der Waals surface area contributed by atoms with Gasteiger partial charge in [0.15, 0.2) is 0 Å². The normalized spacial score (nSPS) is 14.7. The van der Waals surface area contributed by atoms with Gasteiger partial charge in [-0.05, 0) is 42.5 Å². The smallest absolute Gasteiger partial charge is 0.407 e. The molecule has 1 unspecified atom stereocenters. The molecule has 1 aliphatic rings. The van der Waals surface area contributed by atoms with E-state index in [0.717, 1.165) is 35.5 Å². The minimum atomic E-state index is -0.580. The highest BCUT2D eigenvalue weighted by molar-refractivity contribution is 5.85. The van der Waals surface area contributed by atoms with Crippen molar-refractivity contribution in [2.45, 2.75) is 38.8 Å². The van der Waals surface area contributed by atoms with Gasteiger partial charge >= 0.3 is 6.09 Å². The van der Waals surface area contributed by atoms with E-state index in [-0.39, 0.29) is 24.6 Å². The number of hydrogen-bond donors (Lipinski definition) is 3. The van der Waals surface area contributed by atoms with Crippen LogP contribution in [0.4, 0.5) is 4.79 Å². The van der Waals surface area contributed by atoms with Gasteiger partial charge in [-0.1, -0.05) is 48.5 Å². The van der Waals surface area contributed by atoms with Gasteiger partial charge in [0.25, 0.3) is 0 Å². The predicted octanol–water partition coefficient (Wildman–Crippen LogP) is 4.16. The molecule has 37 heavy (non-hydrogen) atoms. The van der Waals surface area contributed by atoms with E-state index in [4.69, 9.17) is 4.74 Å². The Morgan fingerprint density at radius 1 is 1.08 bits per heavy atom. The summed E-state index contributed by atoms with van der Waals surface area (Å²) in [7, 11) is 1.73. The number of carbonyl (C=O) groups is 2. The van der Waals surface area contributed by atoms with Crippen LogP contribution < -0.4 is 10.6 Å². The van der Waals surface area contributed by atoms with Crippen LogP contribution in [-0.2, 0) is 9.53 Å². The largest absolute Gasteiger partial charge is 0.447 e. The standard InChI is InChI=1S/C28H34N6O3/c1-19(2)37-28(36)31-17-27(35)34(3)14-4-5-26-30-16-25(33-26)23-12-8-21(9-13-23)20-6-10-22(11-7-20)24-15-29-18-32-24/h6-13,15,18-19,25H,4-5,14,16-17H2,1-3H3,(H,29,32)(H,30,33)(H,31,36). The number of amides is 2. The van der Waals surface area contributed by atoms with Crippen LogP contribution in [0.3, 0.4) is 0 Å². The fourth-order valence-electron chi connectivity index (χ4n) is 4.14. The lowest BCUT2D eigenvalue weighted by molar-refractivity contribution is -0.128. The van der Waals surface area contributed by atoms with Gasteiger partial charge < -0.3 is 25.3 Å². The summed E-state index contributed by atoms with van der Waals surface area (Å²) in [6.45, 7) is 4.73. The number of imidazole rings is 1. The number of aliphatic imine (C=N–C) groups is 1. The second kappa shape index (κ2) is 12.2. The summed E-state index contributed by atoms with van der Waals surface area (Å²) in [5.74, 6) is 0.805. The molecule has 1 aromatic heterocycles. The van der Waals surface area contributed by atoms with Crippen molar-refractivity contribution in [3.63, 3.8) is 0 Å². The number of ether oxygens (including phenoxy) is 1. The maximum atomic E-state index is 12.2. The number of nitrogens with zero attached hydrogens (tertiary/aromatic N) is 3. The highest BCUT2D eigenvalue weighted by Gasteiger charge is 2.19. The Hall–Kier alpha value is -4.14. The quantitative estimate of drug-likeness (QED) is 0.385. The molecule has 0 aliphatic carbocycles. The van der Waals surface area contributed by atoms with Crippen molar-refractivity contribution in [2.75, 3.05) is 26.7 Å². The molecule has 2 aromatic carbocycles. The lowest BCUT2D eigenvalue weighted by atomic mass is 9.99. The molecule has 194 valence electrons. The highest BCUT2D eigenvalue weighted by Crippen LogP contribution is 2.26. The molecular formula is C28H34N6O3. The molecule has 0 saturated heterocycles. The average molecular weight is 503 g/mol. The van der Waals surface area contributed by atoms with Gasteiger partial charge in [0.05, 0.1) is 42.7 Å². The third-order valence-corrected chi connectivity index (χ3v) is 6.21. The third kappa shape index (κ3) is 7.19. The molecular weight excluding hydrogens is 468 g/mol. The van der Waals surface area contributed by atoms with Gasteiger partial charge in [-0.15, -0.1) is 0 Å². The first-order valence-corrected chi connectivity index (χ1v) is 12.6. The van der Waals surface area contributed by atoms with Crippen LogP contribution in [0.25, 0.3) is 22.4 Å². The van der Waals surface area contributed by atoms with Crippen molar-refractivity contribution in [2.24, 2.45) is 4.99 Å². The van der Waals surface area contributed by atoms with E-state index < -0.39 is 6.09 Å². The summed E-state index contributed by atoms with van der Waals surface area (Å²) >= 11 is 0. The molecule has 0 fully saturated rings. The molecule has 0 saturated carbocycles. The number of aromatic amines is 1. The monoisotopic (exact) mass is 502 g/mol. The van der Waals surface area contributed by atoms with E-state index in [0.29, 0.717) is 13.1 Å². The molecule has 1 aliphatic heterocycles. The number of amidine groups is 1. The average Bonchev–Trinajstić information content (AvgIpc) is 3.60.